The van der Waals surface area contributed by atoms with Gasteiger partial charge in [-0.3, -0.25) is 4.99 Å². The number of aliphatic imine (C=N–C) groups is 1. The maximum Gasteiger partial charge on any atom is 0.193 e. The molecule has 134 valence electrons. The Labute approximate surface area is 168 Å². The molecule has 0 aliphatic carbocycles. The molecule has 0 aromatic heterocycles. The predicted octanol–water partition coefficient (Wildman–Crippen LogP) is 3.99. The van der Waals surface area contributed by atoms with Gasteiger partial charge in [-0.2, -0.15) is 0 Å². The summed E-state index contributed by atoms with van der Waals surface area (Å²) in [6.45, 7) is 3.12. The van der Waals surface area contributed by atoms with Crippen molar-refractivity contribution in [3.63, 3.8) is 0 Å². The Morgan fingerprint density at radius 2 is 1.68 bits per heavy atom. The maximum atomic E-state index is 4.47. The first-order chi connectivity index (χ1) is 11.8. The third kappa shape index (κ3) is 6.03. The lowest BCUT2D eigenvalue weighted by Crippen LogP contribution is -2.41. The first kappa shape index (κ1) is 19.8. The highest BCUT2D eigenvalue weighted by molar-refractivity contribution is 14.0. The van der Waals surface area contributed by atoms with Gasteiger partial charge in [0.1, 0.15) is 0 Å². The first-order valence-corrected chi connectivity index (χ1v) is 8.88. The molecule has 1 fully saturated rings. The highest BCUT2D eigenvalue weighted by Crippen LogP contribution is 2.20. The van der Waals surface area contributed by atoms with Crippen LogP contribution < -0.4 is 5.32 Å². The number of benzene rings is 2. The fourth-order valence-corrected chi connectivity index (χ4v) is 3.43. The second-order valence-corrected chi connectivity index (χ2v) is 6.50. The van der Waals surface area contributed by atoms with E-state index in [9.17, 15) is 0 Å². The summed E-state index contributed by atoms with van der Waals surface area (Å²) < 4.78 is 0. The summed E-state index contributed by atoms with van der Waals surface area (Å²) in [4.78, 5) is 6.88. The lowest BCUT2D eigenvalue weighted by Gasteiger charge is -2.21. The summed E-state index contributed by atoms with van der Waals surface area (Å²) in [5.74, 6) is 1.77. The molecular weight excluding hydrogens is 421 g/mol. The van der Waals surface area contributed by atoms with Crippen LogP contribution in [0.1, 0.15) is 17.5 Å². The van der Waals surface area contributed by atoms with Gasteiger partial charge in [0, 0.05) is 26.7 Å². The molecule has 0 spiro atoms. The fourth-order valence-electron chi connectivity index (χ4n) is 3.43. The van der Waals surface area contributed by atoms with E-state index in [4.69, 9.17) is 0 Å². The van der Waals surface area contributed by atoms with Crippen molar-refractivity contribution in [2.45, 2.75) is 19.3 Å². The molecule has 3 nitrogen and oxygen atoms in total. The van der Waals surface area contributed by atoms with E-state index in [1.165, 1.54) is 24.0 Å². The smallest absolute Gasteiger partial charge is 0.193 e. The Bertz CT molecular complexity index is 643. The van der Waals surface area contributed by atoms with Gasteiger partial charge in [-0.05, 0) is 36.3 Å². The lowest BCUT2D eigenvalue weighted by atomic mass is 9.99. The molecule has 1 heterocycles. The van der Waals surface area contributed by atoms with Crippen LogP contribution in [0, 0.1) is 5.92 Å². The molecule has 1 atom stereocenters. The van der Waals surface area contributed by atoms with Crippen molar-refractivity contribution in [2.24, 2.45) is 10.9 Å². The predicted molar refractivity (Wildman–Crippen MR) is 117 cm³/mol. The molecule has 0 radical (unpaired) electrons. The van der Waals surface area contributed by atoms with E-state index in [1.54, 1.807) is 0 Å². The Hall–Kier alpha value is -1.56. The minimum absolute atomic E-state index is 0. The zero-order valence-corrected chi connectivity index (χ0v) is 17.2. The molecule has 1 saturated heterocycles. The standard InChI is InChI=1S/C21H27N3.HI/c1-22-21(23-14-12-18-8-4-2-5-9-18)24-15-13-20(17-24)16-19-10-6-3-7-11-19;/h2-11,20H,12-17H2,1H3,(H,22,23);1H. The molecular formula is C21H28IN3. The zero-order valence-electron chi connectivity index (χ0n) is 14.9. The largest absolute Gasteiger partial charge is 0.356 e. The Morgan fingerprint density at radius 1 is 1.04 bits per heavy atom. The average Bonchev–Trinajstić information content (AvgIpc) is 3.09. The number of nitrogens with zero attached hydrogens (tertiary/aromatic N) is 2. The third-order valence-electron chi connectivity index (χ3n) is 4.70. The first-order valence-electron chi connectivity index (χ1n) is 8.88. The van der Waals surface area contributed by atoms with Crippen LogP contribution in [0.2, 0.25) is 0 Å². The molecule has 0 saturated carbocycles. The number of likely N-dealkylation sites (tertiary alicyclic amines) is 1. The van der Waals surface area contributed by atoms with Crippen molar-refractivity contribution in [2.75, 3.05) is 26.7 Å². The highest BCUT2D eigenvalue weighted by Gasteiger charge is 2.24. The third-order valence-corrected chi connectivity index (χ3v) is 4.70. The van der Waals surface area contributed by atoms with Gasteiger partial charge in [0.25, 0.3) is 0 Å². The van der Waals surface area contributed by atoms with Crippen LogP contribution in [0.3, 0.4) is 0 Å². The van der Waals surface area contributed by atoms with E-state index >= 15 is 0 Å². The van der Waals surface area contributed by atoms with Crippen LogP contribution in [-0.2, 0) is 12.8 Å². The molecule has 1 aliphatic heterocycles. The molecule has 4 heteroatoms. The number of halogens is 1. The molecule has 0 amide bonds. The van der Waals surface area contributed by atoms with E-state index in [0.717, 1.165) is 37.9 Å². The van der Waals surface area contributed by atoms with E-state index < -0.39 is 0 Å². The normalized spacial score (nSPS) is 17.2. The molecule has 3 rings (SSSR count). The fraction of sp³-hybridized carbons (Fsp3) is 0.381. The van der Waals surface area contributed by atoms with Crippen LogP contribution >= 0.6 is 24.0 Å². The van der Waals surface area contributed by atoms with Crippen LogP contribution in [0.25, 0.3) is 0 Å². The molecule has 1 N–H and O–H groups in total. The summed E-state index contributed by atoms with van der Waals surface area (Å²) in [5, 5.41) is 3.52. The molecule has 1 unspecified atom stereocenters. The zero-order chi connectivity index (χ0) is 16.6. The average molecular weight is 449 g/mol. The Morgan fingerprint density at radius 3 is 2.32 bits per heavy atom. The molecule has 2 aromatic carbocycles. The van der Waals surface area contributed by atoms with Crippen molar-refractivity contribution < 1.29 is 0 Å². The number of rotatable bonds is 5. The van der Waals surface area contributed by atoms with Crippen molar-refractivity contribution in [3.05, 3.63) is 71.8 Å². The number of nitrogens with one attached hydrogen (secondary N) is 1. The summed E-state index contributed by atoms with van der Waals surface area (Å²) in [5.41, 5.74) is 2.81. The molecule has 2 aromatic rings. The minimum Gasteiger partial charge on any atom is -0.356 e. The van der Waals surface area contributed by atoms with Gasteiger partial charge < -0.3 is 10.2 Å². The molecule has 1 aliphatic rings. The SMILES string of the molecule is CN=C(NCCc1ccccc1)N1CCC(Cc2ccccc2)C1.I. The van der Waals surface area contributed by atoms with Crippen LogP contribution in [0.4, 0.5) is 0 Å². The van der Waals surface area contributed by atoms with Crippen LogP contribution in [0.15, 0.2) is 65.7 Å². The Kier molecular flexibility index (Phi) is 8.25. The number of hydrogen-bond acceptors (Lipinski definition) is 1. The van der Waals surface area contributed by atoms with Gasteiger partial charge in [-0.15, -0.1) is 24.0 Å². The van der Waals surface area contributed by atoms with Crippen LogP contribution in [0.5, 0.6) is 0 Å². The second kappa shape index (κ2) is 10.4. The summed E-state index contributed by atoms with van der Waals surface area (Å²) >= 11 is 0. The molecule has 0 bridgehead atoms. The maximum absolute atomic E-state index is 4.47. The highest BCUT2D eigenvalue weighted by atomic mass is 127. The van der Waals surface area contributed by atoms with Crippen molar-refractivity contribution in [3.8, 4) is 0 Å². The lowest BCUT2D eigenvalue weighted by molar-refractivity contribution is 0.460. The summed E-state index contributed by atoms with van der Waals surface area (Å²) in [6, 6.07) is 21.4. The van der Waals surface area contributed by atoms with E-state index in [0.29, 0.717) is 0 Å². The van der Waals surface area contributed by atoms with Gasteiger partial charge in [0.15, 0.2) is 5.96 Å². The van der Waals surface area contributed by atoms with Gasteiger partial charge in [-0.1, -0.05) is 60.7 Å². The number of guanidine groups is 1. The topological polar surface area (TPSA) is 27.6 Å². The number of hydrogen-bond donors (Lipinski definition) is 1. The minimum atomic E-state index is 0. The van der Waals surface area contributed by atoms with Gasteiger partial charge in [0.05, 0.1) is 0 Å². The van der Waals surface area contributed by atoms with E-state index in [-0.39, 0.29) is 24.0 Å². The summed E-state index contributed by atoms with van der Waals surface area (Å²) in [6.07, 6.45) is 3.44. The van der Waals surface area contributed by atoms with E-state index in [1.807, 2.05) is 7.05 Å². The van der Waals surface area contributed by atoms with Crippen LogP contribution in [-0.4, -0.2) is 37.5 Å². The molecule has 25 heavy (non-hydrogen) atoms. The van der Waals surface area contributed by atoms with Gasteiger partial charge >= 0.3 is 0 Å². The van der Waals surface area contributed by atoms with Crippen molar-refractivity contribution >= 4 is 29.9 Å². The van der Waals surface area contributed by atoms with Crippen molar-refractivity contribution in [1.29, 1.82) is 0 Å². The van der Waals surface area contributed by atoms with Gasteiger partial charge in [0.2, 0.25) is 0 Å². The van der Waals surface area contributed by atoms with E-state index in [2.05, 4.69) is 75.9 Å². The van der Waals surface area contributed by atoms with Crippen molar-refractivity contribution in [1.82, 2.24) is 10.2 Å². The second-order valence-electron chi connectivity index (χ2n) is 6.50. The summed E-state index contributed by atoms with van der Waals surface area (Å²) in [7, 11) is 1.88. The Balaban J connectivity index is 0.00000225. The monoisotopic (exact) mass is 449 g/mol. The quantitative estimate of drug-likeness (QED) is 0.425. The van der Waals surface area contributed by atoms with Gasteiger partial charge in [-0.25, -0.2) is 0 Å².